The van der Waals surface area contributed by atoms with Crippen LogP contribution in [0.2, 0.25) is 0 Å². The first-order valence-electron chi connectivity index (χ1n) is 10.2. The number of benzene rings is 1. The van der Waals surface area contributed by atoms with E-state index in [4.69, 9.17) is 4.74 Å². The number of hydrogen-bond donors (Lipinski definition) is 2. The number of carboxylic acids is 1. The molecule has 1 aromatic carbocycles. The summed E-state index contributed by atoms with van der Waals surface area (Å²) >= 11 is 4.33. The SMILES string of the molecule is Cc1snc(C#Cc2cc3sc(C4(C(=O)O)CC4)cc3s2)c1NC(=O)OCc1ccccc1. The van der Waals surface area contributed by atoms with E-state index in [0.29, 0.717) is 24.2 Å². The summed E-state index contributed by atoms with van der Waals surface area (Å²) in [4.78, 5) is 26.5. The van der Waals surface area contributed by atoms with Crippen LogP contribution < -0.4 is 5.32 Å². The number of anilines is 1. The summed E-state index contributed by atoms with van der Waals surface area (Å²) in [7, 11) is 0. The Hall–Kier alpha value is -3.19. The van der Waals surface area contributed by atoms with Gasteiger partial charge in [0, 0.05) is 19.2 Å². The van der Waals surface area contributed by atoms with Gasteiger partial charge in [0.25, 0.3) is 0 Å². The minimum absolute atomic E-state index is 0.182. The Balaban J connectivity index is 1.29. The molecule has 6 nitrogen and oxygen atoms in total. The molecule has 3 heterocycles. The van der Waals surface area contributed by atoms with Crippen molar-refractivity contribution in [2.24, 2.45) is 0 Å². The first kappa shape index (κ1) is 21.6. The van der Waals surface area contributed by atoms with Crippen LogP contribution in [0, 0.1) is 18.8 Å². The van der Waals surface area contributed by atoms with E-state index < -0.39 is 17.5 Å². The van der Waals surface area contributed by atoms with Crippen LogP contribution in [-0.4, -0.2) is 21.5 Å². The van der Waals surface area contributed by atoms with Crippen molar-refractivity contribution in [3.63, 3.8) is 0 Å². The molecule has 5 rings (SSSR count). The van der Waals surface area contributed by atoms with Gasteiger partial charge in [0.15, 0.2) is 5.69 Å². The summed E-state index contributed by atoms with van der Waals surface area (Å²) in [6.07, 6.45) is 0.854. The molecule has 1 saturated carbocycles. The van der Waals surface area contributed by atoms with Gasteiger partial charge in [-0.2, -0.15) is 4.37 Å². The number of thiophene rings is 2. The number of carbonyl (C=O) groups is 2. The van der Waals surface area contributed by atoms with Gasteiger partial charge in [-0.05, 0) is 60.8 Å². The highest BCUT2D eigenvalue weighted by Gasteiger charge is 2.53. The lowest BCUT2D eigenvalue weighted by atomic mass is 10.1. The number of rotatable bonds is 5. The van der Waals surface area contributed by atoms with Gasteiger partial charge in [0.2, 0.25) is 0 Å². The van der Waals surface area contributed by atoms with Crippen molar-refractivity contribution in [3.05, 3.63) is 68.4 Å². The van der Waals surface area contributed by atoms with Gasteiger partial charge >= 0.3 is 12.1 Å². The van der Waals surface area contributed by atoms with Crippen molar-refractivity contribution in [1.82, 2.24) is 4.37 Å². The summed E-state index contributed by atoms with van der Waals surface area (Å²) in [5.74, 6) is 5.45. The number of nitrogens with zero attached hydrogens (tertiary/aromatic N) is 1. The van der Waals surface area contributed by atoms with Crippen LogP contribution in [0.1, 0.15) is 38.7 Å². The molecule has 0 spiro atoms. The molecule has 3 aromatic heterocycles. The molecular formula is C24H18N2O4S3. The quantitative estimate of drug-likeness (QED) is 0.333. The predicted octanol–water partition coefficient (Wildman–Crippen LogP) is 5.99. The highest BCUT2D eigenvalue weighted by Crippen LogP contribution is 2.52. The van der Waals surface area contributed by atoms with E-state index in [1.165, 1.54) is 34.2 Å². The summed E-state index contributed by atoms with van der Waals surface area (Å²) in [6, 6.07) is 13.4. The zero-order valence-electron chi connectivity index (χ0n) is 17.5. The lowest BCUT2D eigenvalue weighted by Gasteiger charge is -2.06. The van der Waals surface area contributed by atoms with Crippen LogP contribution >= 0.6 is 34.2 Å². The first-order chi connectivity index (χ1) is 15.9. The number of aliphatic carboxylic acids is 1. The zero-order valence-corrected chi connectivity index (χ0v) is 20.0. The number of hydrogen-bond acceptors (Lipinski definition) is 7. The molecule has 166 valence electrons. The Morgan fingerprint density at radius 1 is 1.15 bits per heavy atom. The number of nitrogens with one attached hydrogen (secondary N) is 1. The maximum Gasteiger partial charge on any atom is 0.412 e. The van der Waals surface area contributed by atoms with Gasteiger partial charge in [-0.1, -0.05) is 30.3 Å². The first-order valence-corrected chi connectivity index (χ1v) is 12.6. The number of ether oxygens (including phenoxy) is 1. The maximum absolute atomic E-state index is 12.3. The second kappa shape index (κ2) is 8.63. The van der Waals surface area contributed by atoms with E-state index in [-0.39, 0.29) is 6.61 Å². The van der Waals surface area contributed by atoms with Gasteiger partial charge in [-0.3, -0.25) is 10.1 Å². The van der Waals surface area contributed by atoms with E-state index in [9.17, 15) is 14.7 Å². The summed E-state index contributed by atoms with van der Waals surface area (Å²) < 4.78 is 11.8. The van der Waals surface area contributed by atoms with Gasteiger partial charge in [0.05, 0.1) is 10.6 Å². The standard InChI is InChI=1S/C24H18N2O4S3/c1-14-21(25-23(29)30-13-15-5-3-2-4-6-15)17(26-33-14)8-7-16-11-18-19(31-16)12-20(32-18)24(9-10-24)22(27)28/h2-6,11-12H,9-10,13H2,1H3,(H,25,29)(H,27,28). The fourth-order valence-electron chi connectivity index (χ4n) is 3.41. The van der Waals surface area contributed by atoms with Crippen molar-refractivity contribution in [3.8, 4) is 11.8 Å². The molecule has 0 radical (unpaired) electrons. The molecule has 0 aliphatic heterocycles. The molecule has 0 bridgehead atoms. The highest BCUT2D eigenvalue weighted by molar-refractivity contribution is 7.28. The smallest absolute Gasteiger partial charge is 0.412 e. The van der Waals surface area contributed by atoms with E-state index in [0.717, 1.165) is 29.6 Å². The Morgan fingerprint density at radius 3 is 2.61 bits per heavy atom. The van der Waals surface area contributed by atoms with Crippen molar-refractivity contribution < 1.29 is 19.4 Å². The largest absolute Gasteiger partial charge is 0.481 e. The monoisotopic (exact) mass is 494 g/mol. The molecule has 1 aliphatic carbocycles. The van der Waals surface area contributed by atoms with Gasteiger partial charge in [0.1, 0.15) is 12.0 Å². The third kappa shape index (κ3) is 4.37. The lowest BCUT2D eigenvalue weighted by molar-refractivity contribution is -0.139. The molecular weight excluding hydrogens is 476 g/mol. The Morgan fingerprint density at radius 2 is 1.91 bits per heavy atom. The molecule has 1 amide bonds. The highest BCUT2D eigenvalue weighted by atomic mass is 32.1. The molecule has 9 heteroatoms. The van der Waals surface area contributed by atoms with Crippen molar-refractivity contribution in [1.29, 1.82) is 0 Å². The molecule has 4 aromatic rings. The molecule has 1 aliphatic rings. The van der Waals surface area contributed by atoms with Crippen molar-refractivity contribution in [2.75, 3.05) is 5.32 Å². The molecule has 33 heavy (non-hydrogen) atoms. The average molecular weight is 495 g/mol. The number of carbonyl (C=O) groups excluding carboxylic acids is 1. The summed E-state index contributed by atoms with van der Waals surface area (Å²) in [6.45, 7) is 2.05. The average Bonchev–Trinajstić information content (AvgIpc) is 3.24. The van der Waals surface area contributed by atoms with Crippen LogP contribution in [0.4, 0.5) is 10.5 Å². The number of aromatic nitrogens is 1. The number of amides is 1. The zero-order chi connectivity index (χ0) is 23.0. The van der Waals surface area contributed by atoms with Crippen molar-refractivity contribution in [2.45, 2.75) is 31.8 Å². The van der Waals surface area contributed by atoms with Crippen LogP contribution in [0.5, 0.6) is 0 Å². The van der Waals surface area contributed by atoms with E-state index in [1.54, 1.807) is 0 Å². The molecule has 0 atom stereocenters. The fourth-order valence-corrected chi connectivity index (χ4v) is 6.50. The van der Waals surface area contributed by atoms with Crippen LogP contribution in [0.25, 0.3) is 9.40 Å². The number of carboxylic acid groups (broad SMARTS) is 1. The Kier molecular flexibility index (Phi) is 5.66. The third-order valence-corrected chi connectivity index (χ3v) is 8.61. The molecule has 0 unspecified atom stereocenters. The summed E-state index contributed by atoms with van der Waals surface area (Å²) in [5.41, 5.74) is 1.28. The van der Waals surface area contributed by atoms with Gasteiger partial charge in [-0.25, -0.2) is 4.79 Å². The van der Waals surface area contributed by atoms with Gasteiger partial charge in [-0.15, -0.1) is 22.7 Å². The number of fused-ring (bicyclic) bond motifs is 1. The number of aryl methyl sites for hydroxylation is 1. The molecule has 1 fully saturated rings. The fraction of sp³-hybridized carbons (Fsp3) is 0.208. The molecule has 2 N–H and O–H groups in total. The topological polar surface area (TPSA) is 88.5 Å². The Bertz CT molecular complexity index is 1390. The normalized spacial score (nSPS) is 13.8. The minimum atomic E-state index is -0.738. The minimum Gasteiger partial charge on any atom is -0.481 e. The van der Waals surface area contributed by atoms with Crippen LogP contribution in [-0.2, 0) is 21.6 Å². The van der Waals surface area contributed by atoms with E-state index >= 15 is 0 Å². The molecule has 0 saturated heterocycles. The second-order valence-electron chi connectivity index (χ2n) is 7.74. The van der Waals surface area contributed by atoms with E-state index in [2.05, 4.69) is 21.5 Å². The van der Waals surface area contributed by atoms with E-state index in [1.807, 2.05) is 49.4 Å². The van der Waals surface area contributed by atoms with Crippen molar-refractivity contribution >= 4 is 61.4 Å². The predicted molar refractivity (Wildman–Crippen MR) is 131 cm³/mol. The summed E-state index contributed by atoms with van der Waals surface area (Å²) in [5, 5.41) is 12.3. The van der Waals surface area contributed by atoms with Crippen LogP contribution in [0.15, 0.2) is 42.5 Å². The lowest BCUT2D eigenvalue weighted by Crippen LogP contribution is -2.17. The van der Waals surface area contributed by atoms with Crippen LogP contribution in [0.3, 0.4) is 0 Å². The maximum atomic E-state index is 12.3. The second-order valence-corrected chi connectivity index (χ2v) is 10.9. The Labute approximate surface area is 202 Å². The van der Waals surface area contributed by atoms with Gasteiger partial charge < -0.3 is 9.84 Å². The third-order valence-electron chi connectivity index (χ3n) is 5.44.